The van der Waals surface area contributed by atoms with Crippen molar-refractivity contribution in [3.63, 3.8) is 0 Å². The Hall–Kier alpha value is -1.20. The van der Waals surface area contributed by atoms with Gasteiger partial charge in [-0.05, 0) is 0 Å². The second kappa shape index (κ2) is 6.50. The smallest absolute Gasteiger partial charge is 0.396 e. The summed E-state index contributed by atoms with van der Waals surface area (Å²) in [5.74, 6) is -5.98. The molecule has 118 valence electrons. The Morgan fingerprint density at radius 1 is 1.30 bits per heavy atom. The van der Waals surface area contributed by atoms with Gasteiger partial charge in [0.2, 0.25) is 0 Å². The zero-order valence-electron chi connectivity index (χ0n) is 10.2. The minimum absolute atomic E-state index is 0.251. The summed E-state index contributed by atoms with van der Waals surface area (Å²) in [6.07, 6.45) is -1.73. The van der Waals surface area contributed by atoms with Gasteiger partial charge in [0.05, 0.1) is 25.9 Å². The molecule has 0 heterocycles. The topological polar surface area (TPSA) is 92.7 Å². The third-order valence-corrected chi connectivity index (χ3v) is 2.98. The monoisotopic (exact) mass is 323 g/mol. The molecule has 20 heavy (non-hydrogen) atoms. The van der Waals surface area contributed by atoms with Crippen LogP contribution >= 0.6 is 0 Å². The van der Waals surface area contributed by atoms with Crippen molar-refractivity contribution in [1.29, 1.82) is 0 Å². The van der Waals surface area contributed by atoms with Gasteiger partial charge in [-0.15, -0.1) is 0 Å². The number of carbonyl (C=O) groups excluding carboxylic acids is 1. The van der Waals surface area contributed by atoms with E-state index in [2.05, 4.69) is 16.1 Å². The molecule has 0 amide bonds. The quantitative estimate of drug-likeness (QED) is 0.217. The van der Waals surface area contributed by atoms with Crippen LogP contribution in [-0.2, 0) is 24.4 Å². The van der Waals surface area contributed by atoms with Crippen LogP contribution in [0.15, 0.2) is 12.2 Å². The van der Waals surface area contributed by atoms with Crippen LogP contribution in [0.1, 0.15) is 6.42 Å². The van der Waals surface area contributed by atoms with E-state index >= 15 is 0 Å². The molecule has 0 fully saturated rings. The first kappa shape index (κ1) is 18.8. The van der Waals surface area contributed by atoms with Crippen LogP contribution in [0, 0.1) is 0 Å². The highest BCUT2D eigenvalue weighted by atomic mass is 32.2. The van der Waals surface area contributed by atoms with Gasteiger partial charge in [0.15, 0.2) is 10.1 Å². The molecule has 0 aliphatic rings. The van der Waals surface area contributed by atoms with Gasteiger partial charge in [0.25, 0.3) is 0 Å². The molecule has 0 saturated carbocycles. The second-order valence-corrected chi connectivity index (χ2v) is 4.99. The van der Waals surface area contributed by atoms with Gasteiger partial charge < -0.3 is 14.0 Å². The first-order valence-corrected chi connectivity index (χ1v) is 6.32. The third kappa shape index (κ3) is 4.42. The second-order valence-electron chi connectivity index (χ2n) is 3.57. The first-order valence-electron chi connectivity index (χ1n) is 4.91. The maximum atomic E-state index is 12.9. The summed E-state index contributed by atoms with van der Waals surface area (Å²) in [5, 5.41) is -5.75. The molecule has 0 aliphatic carbocycles. The lowest BCUT2D eigenvalue weighted by Crippen LogP contribution is -2.47. The van der Waals surface area contributed by atoms with Crippen molar-refractivity contribution in [2.24, 2.45) is 0 Å². The number of alkyl halides is 4. The van der Waals surface area contributed by atoms with E-state index in [1.54, 1.807) is 0 Å². The number of esters is 1. The molecule has 11 heteroatoms. The van der Waals surface area contributed by atoms with Gasteiger partial charge in [-0.1, -0.05) is 6.58 Å². The molecule has 0 aromatic rings. The Bertz CT molecular complexity index is 473. The highest BCUT2D eigenvalue weighted by Crippen LogP contribution is 2.40. The highest BCUT2D eigenvalue weighted by Gasteiger charge is 2.61. The zero-order chi connectivity index (χ0) is 16.2. The number of carbonyl (C=O) groups is 1. The van der Waals surface area contributed by atoms with Crippen molar-refractivity contribution in [2.75, 3.05) is 20.3 Å². The van der Waals surface area contributed by atoms with Crippen molar-refractivity contribution < 1.29 is 44.8 Å². The molecular formula is C9H11F4O6S-. The predicted molar refractivity (Wildman–Crippen MR) is 56.2 cm³/mol. The number of rotatable bonds is 8. The van der Waals surface area contributed by atoms with Crippen molar-refractivity contribution >= 4 is 16.1 Å². The van der Waals surface area contributed by atoms with Crippen LogP contribution in [0.5, 0.6) is 0 Å². The van der Waals surface area contributed by atoms with Crippen LogP contribution in [0.3, 0.4) is 0 Å². The highest BCUT2D eigenvalue weighted by molar-refractivity contribution is 7.86. The van der Waals surface area contributed by atoms with E-state index in [0.29, 0.717) is 0 Å². The number of methoxy groups -OCH3 is 1. The average molecular weight is 323 g/mol. The average Bonchev–Trinajstić information content (AvgIpc) is 2.31. The summed E-state index contributed by atoms with van der Waals surface area (Å²) >= 11 is 0. The van der Waals surface area contributed by atoms with Crippen molar-refractivity contribution in [3.05, 3.63) is 12.2 Å². The van der Waals surface area contributed by atoms with E-state index < -0.39 is 46.9 Å². The van der Waals surface area contributed by atoms with Gasteiger partial charge >= 0.3 is 17.1 Å². The Morgan fingerprint density at radius 3 is 2.20 bits per heavy atom. The van der Waals surface area contributed by atoms with Gasteiger partial charge in [0.1, 0.15) is 0 Å². The fourth-order valence-corrected chi connectivity index (χ4v) is 1.40. The van der Waals surface area contributed by atoms with Gasteiger partial charge in [-0.3, -0.25) is 0 Å². The lowest BCUT2D eigenvalue weighted by Gasteiger charge is -2.28. The Morgan fingerprint density at radius 2 is 1.80 bits per heavy atom. The third-order valence-electron chi connectivity index (χ3n) is 2.05. The first-order chi connectivity index (χ1) is 8.87. The molecule has 0 atom stereocenters. The Labute approximate surface area is 112 Å². The standard InChI is InChI=1S/C9H12F4O6S/c1-6(7(14)18-2)5-19-4-3-8(10,11)9(12,13)20(15,16)17/h1,3-5H2,2H3,(H,15,16,17)/p-1. The summed E-state index contributed by atoms with van der Waals surface area (Å²) in [4.78, 5) is 10.8. The summed E-state index contributed by atoms with van der Waals surface area (Å²) in [7, 11) is -5.48. The van der Waals surface area contributed by atoms with E-state index in [4.69, 9.17) is 0 Å². The van der Waals surface area contributed by atoms with Gasteiger partial charge in [-0.25, -0.2) is 13.2 Å². The molecule has 6 nitrogen and oxygen atoms in total. The lowest BCUT2D eigenvalue weighted by molar-refractivity contribution is -0.170. The van der Waals surface area contributed by atoms with Crippen LogP contribution in [-0.4, -0.2) is 50.4 Å². The van der Waals surface area contributed by atoms with Crippen LogP contribution < -0.4 is 0 Å². The molecule has 0 aromatic carbocycles. The lowest BCUT2D eigenvalue weighted by atomic mass is 10.2. The normalized spacial score (nSPS) is 13.1. The molecule has 0 bridgehead atoms. The van der Waals surface area contributed by atoms with E-state index in [-0.39, 0.29) is 5.57 Å². The molecule has 0 radical (unpaired) electrons. The minimum Gasteiger partial charge on any atom is -0.743 e. The Kier molecular flexibility index (Phi) is 6.11. The summed E-state index contributed by atoms with van der Waals surface area (Å²) in [6, 6.07) is 0. The molecule has 0 unspecified atom stereocenters. The summed E-state index contributed by atoms with van der Waals surface area (Å²) in [6.45, 7) is 1.58. The number of halogens is 4. The molecule has 0 saturated heterocycles. The van der Waals surface area contributed by atoms with E-state index in [1.807, 2.05) is 0 Å². The van der Waals surface area contributed by atoms with E-state index in [1.165, 1.54) is 0 Å². The molecule has 0 aliphatic heterocycles. The fraction of sp³-hybridized carbons (Fsp3) is 0.667. The maximum absolute atomic E-state index is 12.9. The number of ether oxygens (including phenoxy) is 2. The molecule has 0 aromatic heterocycles. The number of hydrogen-bond donors (Lipinski definition) is 0. The van der Waals surface area contributed by atoms with Crippen LogP contribution in [0.25, 0.3) is 0 Å². The van der Waals surface area contributed by atoms with Crippen LogP contribution in [0.4, 0.5) is 17.6 Å². The number of hydrogen-bond acceptors (Lipinski definition) is 6. The minimum atomic E-state index is -6.51. The Balaban J connectivity index is 4.46. The SMILES string of the molecule is C=C(COCCC(F)(F)C(F)(F)S(=O)(=O)[O-])C(=O)OC. The molecule has 0 spiro atoms. The van der Waals surface area contributed by atoms with Crippen molar-refractivity contribution in [2.45, 2.75) is 17.6 Å². The van der Waals surface area contributed by atoms with Gasteiger partial charge in [0, 0.05) is 6.42 Å². The molecular weight excluding hydrogens is 312 g/mol. The van der Waals surface area contributed by atoms with Gasteiger partial charge in [-0.2, -0.15) is 17.6 Å². The van der Waals surface area contributed by atoms with E-state index in [0.717, 1.165) is 7.11 Å². The fourth-order valence-electron chi connectivity index (χ4n) is 0.927. The summed E-state index contributed by atoms with van der Waals surface area (Å²) in [5.41, 5.74) is -0.251. The summed E-state index contributed by atoms with van der Waals surface area (Å²) < 4.78 is 90.1. The van der Waals surface area contributed by atoms with Crippen LogP contribution in [0.2, 0.25) is 0 Å². The van der Waals surface area contributed by atoms with E-state index in [9.17, 15) is 35.3 Å². The maximum Gasteiger partial charge on any atom is 0.396 e. The van der Waals surface area contributed by atoms with Crippen molar-refractivity contribution in [3.8, 4) is 0 Å². The largest absolute Gasteiger partial charge is 0.743 e. The predicted octanol–water partition coefficient (Wildman–Crippen LogP) is 0.896. The molecule has 0 rings (SSSR count). The van der Waals surface area contributed by atoms with Crippen molar-refractivity contribution in [1.82, 2.24) is 0 Å². The zero-order valence-corrected chi connectivity index (χ0v) is 11.0. The molecule has 0 N–H and O–H groups in total.